The average Bonchev–Trinajstić information content (AvgIpc) is 3.09. The van der Waals surface area contributed by atoms with Gasteiger partial charge in [-0.25, -0.2) is 8.42 Å². The zero-order chi connectivity index (χ0) is 23.5. The van der Waals surface area contributed by atoms with Crippen molar-refractivity contribution in [1.29, 1.82) is 0 Å². The number of amides is 1. The van der Waals surface area contributed by atoms with Crippen LogP contribution in [-0.4, -0.2) is 43.4 Å². The molecule has 1 fully saturated rings. The summed E-state index contributed by atoms with van der Waals surface area (Å²) in [5, 5.41) is 6.33. The van der Waals surface area contributed by atoms with Gasteiger partial charge < -0.3 is 9.84 Å². The number of piperidine rings is 1. The number of hydrogen-bond acceptors (Lipinski definition) is 5. The Bertz CT molecular complexity index is 1140. The number of rotatable bonds is 4. The van der Waals surface area contributed by atoms with Crippen molar-refractivity contribution in [2.45, 2.75) is 37.8 Å². The number of carbonyl (C=O) groups is 1. The highest BCUT2D eigenvalue weighted by atomic mass is 32.2. The maximum absolute atomic E-state index is 12.8. The lowest BCUT2D eigenvalue weighted by atomic mass is 9.97. The van der Waals surface area contributed by atoms with Gasteiger partial charge in [0.15, 0.2) is 5.76 Å². The van der Waals surface area contributed by atoms with Crippen LogP contribution in [0.2, 0.25) is 0 Å². The van der Waals surface area contributed by atoms with Gasteiger partial charge in [-0.15, -0.1) is 0 Å². The summed E-state index contributed by atoms with van der Waals surface area (Å²) in [5.74, 6) is 4.83. The van der Waals surface area contributed by atoms with Crippen molar-refractivity contribution in [3.05, 3.63) is 46.8 Å². The highest BCUT2D eigenvalue weighted by Gasteiger charge is 2.35. The van der Waals surface area contributed by atoms with Crippen LogP contribution >= 0.6 is 0 Å². The molecule has 1 N–H and O–H groups in total. The first kappa shape index (κ1) is 23.8. The maximum Gasteiger partial charge on any atom is 0.416 e. The molecule has 1 aromatic heterocycles. The third-order valence-corrected chi connectivity index (χ3v) is 7.31. The Balaban J connectivity index is 1.52. The number of halogens is 3. The quantitative estimate of drug-likeness (QED) is 0.696. The Kier molecular flexibility index (Phi) is 6.95. The molecule has 11 heteroatoms. The smallest absolute Gasteiger partial charge is 0.360 e. The van der Waals surface area contributed by atoms with Crippen molar-refractivity contribution in [2.24, 2.45) is 5.92 Å². The van der Waals surface area contributed by atoms with E-state index in [0.717, 1.165) is 12.1 Å². The fourth-order valence-electron chi connectivity index (χ4n) is 3.53. The van der Waals surface area contributed by atoms with E-state index in [2.05, 4.69) is 22.3 Å². The van der Waals surface area contributed by atoms with E-state index in [-0.39, 0.29) is 47.7 Å². The van der Waals surface area contributed by atoms with Gasteiger partial charge in [0.2, 0.25) is 15.9 Å². The van der Waals surface area contributed by atoms with Gasteiger partial charge >= 0.3 is 6.18 Å². The highest BCUT2D eigenvalue weighted by Crippen LogP contribution is 2.29. The number of nitrogens with one attached hydrogen (secondary N) is 1. The zero-order valence-corrected chi connectivity index (χ0v) is 18.3. The molecule has 2 heterocycles. The Labute approximate surface area is 184 Å². The summed E-state index contributed by atoms with van der Waals surface area (Å²) < 4.78 is 70.1. The number of aryl methyl sites for hydroxylation is 2. The minimum atomic E-state index is -4.44. The van der Waals surface area contributed by atoms with E-state index in [0.29, 0.717) is 18.5 Å². The lowest BCUT2D eigenvalue weighted by Crippen LogP contribution is -2.43. The maximum atomic E-state index is 12.8. The molecule has 7 nitrogen and oxygen atoms in total. The second-order valence-corrected chi connectivity index (χ2v) is 9.30. The highest BCUT2D eigenvalue weighted by molar-refractivity contribution is 7.89. The van der Waals surface area contributed by atoms with Crippen LogP contribution in [0.25, 0.3) is 0 Å². The zero-order valence-electron chi connectivity index (χ0n) is 17.5. The van der Waals surface area contributed by atoms with Gasteiger partial charge in [0.05, 0.1) is 12.1 Å². The molecular formula is C21H22F3N3O4S. The monoisotopic (exact) mass is 469 g/mol. The normalized spacial score (nSPS) is 15.8. The summed E-state index contributed by atoms with van der Waals surface area (Å²) in [4.78, 5) is 12.4. The van der Waals surface area contributed by atoms with E-state index in [1.807, 2.05) is 0 Å². The van der Waals surface area contributed by atoms with Crippen LogP contribution in [0.15, 0.2) is 33.7 Å². The molecule has 0 unspecified atom stereocenters. The predicted molar refractivity (Wildman–Crippen MR) is 109 cm³/mol. The number of nitrogens with zero attached hydrogens (tertiary/aromatic N) is 2. The largest absolute Gasteiger partial charge is 0.416 e. The Morgan fingerprint density at radius 3 is 2.56 bits per heavy atom. The van der Waals surface area contributed by atoms with Crippen LogP contribution in [0, 0.1) is 31.6 Å². The van der Waals surface area contributed by atoms with Crippen molar-refractivity contribution in [2.75, 3.05) is 19.6 Å². The van der Waals surface area contributed by atoms with Gasteiger partial charge in [0.1, 0.15) is 10.6 Å². The molecule has 0 radical (unpaired) electrons. The third-order valence-electron chi connectivity index (χ3n) is 5.16. The van der Waals surface area contributed by atoms with Crippen LogP contribution in [0.1, 0.15) is 35.4 Å². The van der Waals surface area contributed by atoms with Crippen LogP contribution in [0.3, 0.4) is 0 Å². The summed E-state index contributed by atoms with van der Waals surface area (Å²) in [5.41, 5.74) is -0.291. The molecule has 2 aromatic rings. The molecule has 0 aliphatic carbocycles. The van der Waals surface area contributed by atoms with E-state index in [9.17, 15) is 26.4 Å². The molecule has 1 amide bonds. The first-order valence-corrected chi connectivity index (χ1v) is 11.3. The lowest BCUT2D eigenvalue weighted by Gasteiger charge is -2.30. The molecule has 0 saturated carbocycles. The topological polar surface area (TPSA) is 92.5 Å². The molecule has 1 saturated heterocycles. The van der Waals surface area contributed by atoms with Crippen molar-refractivity contribution in [1.82, 2.24) is 14.8 Å². The second-order valence-electron chi connectivity index (χ2n) is 7.43. The Hall–Kier alpha value is -2.84. The van der Waals surface area contributed by atoms with Crippen LogP contribution in [-0.2, 0) is 21.0 Å². The molecule has 172 valence electrons. The standard InChI is InChI=1S/C21H22F3N3O4S/c1-14-19(15(2)31-26-14)32(29,30)27-11-8-17(9-12-27)20(28)25-10-4-6-16-5-3-7-18(13-16)21(22,23)24/h3,5,7,13,17H,8-12H2,1-2H3,(H,25,28). The van der Waals surface area contributed by atoms with E-state index in [4.69, 9.17) is 4.52 Å². The number of alkyl halides is 3. The summed E-state index contributed by atoms with van der Waals surface area (Å²) in [6.45, 7) is 3.44. The molecular weight excluding hydrogens is 447 g/mol. The number of carbonyl (C=O) groups excluding carboxylic acids is 1. The van der Waals surface area contributed by atoms with E-state index in [1.165, 1.54) is 23.4 Å². The first-order chi connectivity index (χ1) is 15.0. The molecule has 1 aromatic carbocycles. The summed E-state index contributed by atoms with van der Waals surface area (Å²) >= 11 is 0. The number of sulfonamides is 1. The minimum Gasteiger partial charge on any atom is -0.360 e. The molecule has 1 aliphatic heterocycles. The molecule has 1 aliphatic rings. The molecule has 32 heavy (non-hydrogen) atoms. The van der Waals surface area contributed by atoms with Crippen molar-refractivity contribution < 1.29 is 30.9 Å². The number of hydrogen-bond donors (Lipinski definition) is 1. The molecule has 0 bridgehead atoms. The summed E-state index contributed by atoms with van der Waals surface area (Å²) in [6.07, 6.45) is -3.76. The fourth-order valence-corrected chi connectivity index (χ4v) is 5.29. The van der Waals surface area contributed by atoms with Gasteiger partial charge in [-0.3, -0.25) is 4.79 Å². The van der Waals surface area contributed by atoms with Crippen LogP contribution in [0.5, 0.6) is 0 Å². The predicted octanol–water partition coefficient (Wildman–Crippen LogP) is 2.88. The lowest BCUT2D eigenvalue weighted by molar-refractivity contribution is -0.137. The Morgan fingerprint density at radius 1 is 1.28 bits per heavy atom. The van der Waals surface area contributed by atoms with Crippen molar-refractivity contribution in [3.8, 4) is 11.8 Å². The van der Waals surface area contributed by atoms with Crippen LogP contribution in [0.4, 0.5) is 13.2 Å². The SMILES string of the molecule is Cc1noc(C)c1S(=O)(=O)N1CCC(C(=O)NCC#Cc2cccc(C(F)(F)F)c2)CC1. The van der Waals surface area contributed by atoms with Gasteiger partial charge in [-0.1, -0.05) is 23.1 Å². The molecule has 3 rings (SSSR count). The van der Waals surface area contributed by atoms with Crippen molar-refractivity contribution >= 4 is 15.9 Å². The van der Waals surface area contributed by atoms with Crippen LogP contribution < -0.4 is 5.32 Å². The number of benzene rings is 1. The van der Waals surface area contributed by atoms with Gasteiger partial charge in [0.25, 0.3) is 0 Å². The third kappa shape index (κ3) is 5.31. The van der Waals surface area contributed by atoms with E-state index >= 15 is 0 Å². The second kappa shape index (κ2) is 9.34. The van der Waals surface area contributed by atoms with E-state index in [1.54, 1.807) is 6.92 Å². The van der Waals surface area contributed by atoms with Crippen molar-refractivity contribution in [3.63, 3.8) is 0 Å². The minimum absolute atomic E-state index is 0.0212. The first-order valence-electron chi connectivity index (χ1n) is 9.87. The Morgan fingerprint density at radius 2 is 1.97 bits per heavy atom. The van der Waals surface area contributed by atoms with Gasteiger partial charge in [-0.2, -0.15) is 17.5 Å². The average molecular weight is 469 g/mol. The molecule has 0 spiro atoms. The fraction of sp³-hybridized carbons (Fsp3) is 0.429. The summed E-state index contributed by atoms with van der Waals surface area (Å²) in [6, 6.07) is 4.64. The van der Waals surface area contributed by atoms with E-state index < -0.39 is 21.8 Å². The van der Waals surface area contributed by atoms with Gasteiger partial charge in [0, 0.05) is 24.6 Å². The summed E-state index contributed by atoms with van der Waals surface area (Å²) in [7, 11) is -3.75. The van der Waals surface area contributed by atoms with Gasteiger partial charge in [-0.05, 0) is 44.9 Å². The number of aromatic nitrogens is 1. The molecule has 0 atom stereocenters.